The van der Waals surface area contributed by atoms with E-state index in [9.17, 15) is 0 Å². The second-order valence-electron chi connectivity index (χ2n) is 4.00. The summed E-state index contributed by atoms with van der Waals surface area (Å²) in [5, 5.41) is 8.83. The zero-order valence-electron chi connectivity index (χ0n) is 9.98. The molecule has 0 fully saturated rings. The van der Waals surface area contributed by atoms with Gasteiger partial charge in [-0.1, -0.05) is 28.1 Å². The van der Waals surface area contributed by atoms with E-state index in [0.717, 1.165) is 15.8 Å². The van der Waals surface area contributed by atoms with Gasteiger partial charge in [-0.2, -0.15) is 5.26 Å². The molecule has 0 aliphatic rings. The fraction of sp³-hybridized carbons (Fsp3) is 0.133. The van der Waals surface area contributed by atoms with Gasteiger partial charge in [-0.3, -0.25) is 0 Å². The molecule has 0 heterocycles. The Bertz CT molecular complexity index is 602. The minimum Gasteiger partial charge on any atom is -0.192 e. The zero-order chi connectivity index (χ0) is 13.0. The third kappa shape index (κ3) is 3.38. The second kappa shape index (κ2) is 6.08. The maximum atomic E-state index is 8.83. The summed E-state index contributed by atoms with van der Waals surface area (Å²) in [4.78, 5) is 1.24. The van der Waals surface area contributed by atoms with Crippen molar-refractivity contribution in [3.05, 3.63) is 63.6 Å². The lowest BCUT2D eigenvalue weighted by atomic mass is 10.1. The zero-order valence-corrected chi connectivity index (χ0v) is 12.4. The predicted octanol–water partition coefficient (Wildman–Crippen LogP) is 4.92. The quantitative estimate of drug-likeness (QED) is 0.750. The molecule has 0 unspecified atom stereocenters. The summed E-state index contributed by atoms with van der Waals surface area (Å²) in [7, 11) is 0. The number of nitriles is 1. The topological polar surface area (TPSA) is 23.8 Å². The van der Waals surface area contributed by atoms with Crippen molar-refractivity contribution in [3.8, 4) is 6.07 Å². The lowest BCUT2D eigenvalue weighted by Crippen LogP contribution is -1.88. The molecule has 0 saturated carbocycles. The normalized spacial score (nSPS) is 10.1. The molecule has 0 aromatic heterocycles. The molecule has 2 aromatic rings. The van der Waals surface area contributed by atoms with E-state index < -0.39 is 0 Å². The summed E-state index contributed by atoms with van der Waals surface area (Å²) in [5.41, 5.74) is 3.18. The molecule has 0 aliphatic heterocycles. The molecule has 0 aliphatic carbocycles. The Morgan fingerprint density at radius 3 is 2.72 bits per heavy atom. The van der Waals surface area contributed by atoms with Crippen LogP contribution in [0.5, 0.6) is 0 Å². The van der Waals surface area contributed by atoms with Crippen LogP contribution in [0.4, 0.5) is 0 Å². The predicted molar refractivity (Wildman–Crippen MR) is 79.6 cm³/mol. The molecule has 0 saturated heterocycles. The minimum absolute atomic E-state index is 0.726. The summed E-state index contributed by atoms with van der Waals surface area (Å²) in [6.45, 7) is 2.05. The standard InChI is InChI=1S/C15H12BrNS/c1-11-7-12(9-17)5-6-13(11)10-18-15-4-2-3-14(16)8-15/h2-8H,10H2,1H3. The summed E-state index contributed by atoms with van der Waals surface area (Å²) >= 11 is 5.27. The molecule has 0 atom stereocenters. The van der Waals surface area contributed by atoms with E-state index in [1.54, 1.807) is 11.8 Å². The van der Waals surface area contributed by atoms with E-state index in [0.29, 0.717) is 0 Å². The van der Waals surface area contributed by atoms with Crippen LogP contribution in [0.2, 0.25) is 0 Å². The molecule has 18 heavy (non-hydrogen) atoms. The first kappa shape index (κ1) is 13.2. The van der Waals surface area contributed by atoms with E-state index in [4.69, 9.17) is 5.26 Å². The van der Waals surface area contributed by atoms with E-state index >= 15 is 0 Å². The molecule has 3 heteroatoms. The van der Waals surface area contributed by atoms with E-state index in [2.05, 4.69) is 41.1 Å². The summed E-state index contributed by atoms with van der Waals surface area (Å²) < 4.78 is 1.10. The number of hydrogen-bond acceptors (Lipinski definition) is 2. The molecule has 1 nitrogen and oxygen atoms in total. The summed E-state index contributed by atoms with van der Waals surface area (Å²) in [6.07, 6.45) is 0. The lowest BCUT2D eigenvalue weighted by molar-refractivity contribution is 1.29. The van der Waals surface area contributed by atoms with Crippen LogP contribution in [0, 0.1) is 18.3 Å². The van der Waals surface area contributed by atoms with Crippen molar-refractivity contribution in [3.63, 3.8) is 0 Å². The van der Waals surface area contributed by atoms with Crippen LogP contribution in [-0.4, -0.2) is 0 Å². The van der Waals surface area contributed by atoms with Crippen molar-refractivity contribution in [1.82, 2.24) is 0 Å². The van der Waals surface area contributed by atoms with Gasteiger partial charge >= 0.3 is 0 Å². The Morgan fingerprint density at radius 2 is 2.06 bits per heavy atom. The molecule has 0 N–H and O–H groups in total. The number of aryl methyl sites for hydroxylation is 1. The average molecular weight is 318 g/mol. The Balaban J connectivity index is 2.09. The van der Waals surface area contributed by atoms with Gasteiger partial charge in [0.15, 0.2) is 0 Å². The van der Waals surface area contributed by atoms with Gasteiger partial charge in [-0.15, -0.1) is 11.8 Å². The van der Waals surface area contributed by atoms with Gasteiger partial charge < -0.3 is 0 Å². The largest absolute Gasteiger partial charge is 0.192 e. The van der Waals surface area contributed by atoms with Crippen molar-refractivity contribution >= 4 is 27.7 Å². The second-order valence-corrected chi connectivity index (χ2v) is 5.96. The van der Waals surface area contributed by atoms with Crippen LogP contribution in [0.25, 0.3) is 0 Å². The Kier molecular flexibility index (Phi) is 4.46. The molecule has 0 spiro atoms. The van der Waals surface area contributed by atoms with Crippen LogP contribution in [0.3, 0.4) is 0 Å². The minimum atomic E-state index is 0.726. The van der Waals surface area contributed by atoms with Gasteiger partial charge in [-0.25, -0.2) is 0 Å². The Hall–Kier alpha value is -1.24. The number of rotatable bonds is 3. The summed E-state index contributed by atoms with van der Waals surface area (Å²) in [6, 6.07) is 16.3. The van der Waals surface area contributed by atoms with Crippen molar-refractivity contribution in [2.45, 2.75) is 17.6 Å². The lowest BCUT2D eigenvalue weighted by Gasteiger charge is -2.06. The van der Waals surface area contributed by atoms with Crippen LogP contribution >= 0.6 is 27.7 Å². The van der Waals surface area contributed by atoms with Gasteiger partial charge in [0.1, 0.15) is 0 Å². The maximum Gasteiger partial charge on any atom is 0.0991 e. The molecule has 90 valence electrons. The van der Waals surface area contributed by atoms with Crippen molar-refractivity contribution in [1.29, 1.82) is 5.26 Å². The Morgan fingerprint density at radius 1 is 1.22 bits per heavy atom. The van der Waals surface area contributed by atoms with E-state index in [1.165, 1.54) is 16.0 Å². The van der Waals surface area contributed by atoms with Crippen LogP contribution in [0.1, 0.15) is 16.7 Å². The average Bonchev–Trinajstić information content (AvgIpc) is 2.37. The highest BCUT2D eigenvalue weighted by Crippen LogP contribution is 2.26. The van der Waals surface area contributed by atoms with E-state index in [-0.39, 0.29) is 0 Å². The highest BCUT2D eigenvalue weighted by molar-refractivity contribution is 9.10. The fourth-order valence-corrected chi connectivity index (χ4v) is 3.23. The monoisotopic (exact) mass is 317 g/mol. The smallest absolute Gasteiger partial charge is 0.0991 e. The molecule has 0 amide bonds. The van der Waals surface area contributed by atoms with Gasteiger partial charge in [0.2, 0.25) is 0 Å². The van der Waals surface area contributed by atoms with Gasteiger partial charge in [0.05, 0.1) is 11.6 Å². The van der Waals surface area contributed by atoms with Crippen molar-refractivity contribution in [2.24, 2.45) is 0 Å². The number of benzene rings is 2. The number of thioether (sulfide) groups is 1. The number of halogens is 1. The highest BCUT2D eigenvalue weighted by Gasteiger charge is 2.02. The van der Waals surface area contributed by atoms with Crippen molar-refractivity contribution in [2.75, 3.05) is 0 Å². The first-order valence-electron chi connectivity index (χ1n) is 5.57. The molecule has 2 rings (SSSR count). The SMILES string of the molecule is Cc1cc(C#N)ccc1CSc1cccc(Br)c1. The molecular weight excluding hydrogens is 306 g/mol. The Labute approximate surface area is 120 Å². The molecule has 2 aromatic carbocycles. The molecule has 0 bridgehead atoms. The fourth-order valence-electron chi connectivity index (χ4n) is 1.65. The third-order valence-corrected chi connectivity index (χ3v) is 4.20. The van der Waals surface area contributed by atoms with Crippen LogP contribution in [-0.2, 0) is 5.75 Å². The van der Waals surface area contributed by atoms with Gasteiger partial charge in [0.25, 0.3) is 0 Å². The first-order chi connectivity index (χ1) is 8.69. The number of nitrogens with zero attached hydrogens (tertiary/aromatic N) is 1. The van der Waals surface area contributed by atoms with Crippen molar-refractivity contribution < 1.29 is 0 Å². The number of hydrogen-bond donors (Lipinski definition) is 0. The highest BCUT2D eigenvalue weighted by atomic mass is 79.9. The maximum absolute atomic E-state index is 8.83. The summed E-state index contributed by atoms with van der Waals surface area (Å²) in [5.74, 6) is 0.925. The van der Waals surface area contributed by atoms with Gasteiger partial charge in [0, 0.05) is 15.1 Å². The molecule has 0 radical (unpaired) electrons. The van der Waals surface area contributed by atoms with Crippen LogP contribution < -0.4 is 0 Å². The van der Waals surface area contributed by atoms with Crippen LogP contribution in [0.15, 0.2) is 51.8 Å². The third-order valence-electron chi connectivity index (χ3n) is 2.66. The van der Waals surface area contributed by atoms with E-state index in [1.807, 2.05) is 30.3 Å². The first-order valence-corrected chi connectivity index (χ1v) is 7.35. The van der Waals surface area contributed by atoms with Gasteiger partial charge in [-0.05, 0) is 48.4 Å². The molecular formula is C15H12BrNS.